The van der Waals surface area contributed by atoms with Crippen LogP contribution in [0.15, 0.2) is 48.5 Å². The fourth-order valence-corrected chi connectivity index (χ4v) is 3.40. The summed E-state index contributed by atoms with van der Waals surface area (Å²) in [7, 11) is 0. The normalized spacial score (nSPS) is 16.0. The third-order valence-electron chi connectivity index (χ3n) is 4.90. The Balaban J connectivity index is 1.56. The number of hydrogen-bond acceptors (Lipinski definition) is 3. The molecule has 2 aromatic carbocycles. The van der Waals surface area contributed by atoms with E-state index >= 15 is 0 Å². The van der Waals surface area contributed by atoms with Crippen LogP contribution in [0.2, 0.25) is 5.02 Å². The fourth-order valence-electron chi connectivity index (χ4n) is 3.22. The van der Waals surface area contributed by atoms with Gasteiger partial charge in [-0.25, -0.2) is 0 Å². The Morgan fingerprint density at radius 3 is 2.52 bits per heavy atom. The van der Waals surface area contributed by atoms with E-state index in [1.54, 1.807) is 53.4 Å². The van der Waals surface area contributed by atoms with E-state index in [-0.39, 0.29) is 30.1 Å². The first-order valence-electron chi connectivity index (χ1n) is 9.72. The van der Waals surface area contributed by atoms with Gasteiger partial charge in [-0.3, -0.25) is 14.4 Å². The maximum absolute atomic E-state index is 12.5. The van der Waals surface area contributed by atoms with Crippen LogP contribution in [-0.2, 0) is 9.59 Å². The monoisotopic (exact) mass is 413 g/mol. The number of hydrogen-bond donors (Lipinski definition) is 2. The van der Waals surface area contributed by atoms with Crippen molar-refractivity contribution in [2.75, 3.05) is 23.7 Å². The van der Waals surface area contributed by atoms with Gasteiger partial charge in [0, 0.05) is 30.8 Å². The molecule has 1 fully saturated rings. The first-order chi connectivity index (χ1) is 14.0. The molecule has 3 amide bonds. The third-order valence-corrected chi connectivity index (χ3v) is 5.23. The molecule has 7 heteroatoms. The second kappa shape index (κ2) is 9.56. The van der Waals surface area contributed by atoms with Gasteiger partial charge in [0.15, 0.2) is 0 Å². The SMILES string of the molecule is CCCCN1C[C@H](C(=O)Nc2ccc(C(=O)Nc3ccccc3Cl)cc2)CC1=O. The molecule has 0 bridgehead atoms. The van der Waals surface area contributed by atoms with Gasteiger partial charge in [-0.15, -0.1) is 0 Å². The highest BCUT2D eigenvalue weighted by atomic mass is 35.5. The standard InChI is InChI=1S/C22H24ClN3O3/c1-2-3-12-26-14-16(13-20(26)27)22(29)24-17-10-8-15(9-11-17)21(28)25-19-7-5-4-6-18(19)23/h4-11,16H,2-3,12-14H2,1H3,(H,24,29)(H,25,28)/t16-/m1/s1. The molecule has 1 aliphatic rings. The largest absolute Gasteiger partial charge is 0.342 e. The van der Waals surface area contributed by atoms with E-state index in [0.29, 0.717) is 35.1 Å². The molecule has 1 saturated heterocycles. The molecule has 1 aliphatic heterocycles. The maximum Gasteiger partial charge on any atom is 0.255 e. The number of carbonyl (C=O) groups excluding carboxylic acids is 3. The number of nitrogens with zero attached hydrogens (tertiary/aromatic N) is 1. The summed E-state index contributed by atoms with van der Waals surface area (Å²) in [4.78, 5) is 38.7. The minimum Gasteiger partial charge on any atom is -0.342 e. The van der Waals surface area contributed by atoms with Gasteiger partial charge in [-0.2, -0.15) is 0 Å². The van der Waals surface area contributed by atoms with E-state index in [4.69, 9.17) is 11.6 Å². The number of carbonyl (C=O) groups is 3. The molecule has 0 aromatic heterocycles. The van der Waals surface area contributed by atoms with Gasteiger partial charge >= 0.3 is 0 Å². The molecule has 0 saturated carbocycles. The summed E-state index contributed by atoms with van der Waals surface area (Å²) in [6.07, 6.45) is 2.20. The summed E-state index contributed by atoms with van der Waals surface area (Å²) < 4.78 is 0. The van der Waals surface area contributed by atoms with Crippen LogP contribution >= 0.6 is 11.6 Å². The highest BCUT2D eigenvalue weighted by molar-refractivity contribution is 6.33. The van der Waals surface area contributed by atoms with Crippen LogP contribution in [0.25, 0.3) is 0 Å². The summed E-state index contributed by atoms with van der Waals surface area (Å²) in [6.45, 7) is 3.24. The fraction of sp³-hybridized carbons (Fsp3) is 0.318. The van der Waals surface area contributed by atoms with E-state index in [9.17, 15) is 14.4 Å². The van der Waals surface area contributed by atoms with E-state index in [2.05, 4.69) is 17.6 Å². The Bertz CT molecular complexity index is 898. The van der Waals surface area contributed by atoms with Crippen molar-refractivity contribution in [2.45, 2.75) is 26.2 Å². The topological polar surface area (TPSA) is 78.5 Å². The Labute approximate surface area is 175 Å². The number of amides is 3. The molecule has 2 aromatic rings. The van der Waals surface area contributed by atoms with E-state index in [1.165, 1.54) is 0 Å². The molecule has 0 unspecified atom stereocenters. The van der Waals surface area contributed by atoms with Crippen LogP contribution in [0.3, 0.4) is 0 Å². The Kier molecular flexibility index (Phi) is 6.88. The lowest BCUT2D eigenvalue weighted by Gasteiger charge is -2.16. The smallest absolute Gasteiger partial charge is 0.255 e. The number of rotatable bonds is 7. The van der Waals surface area contributed by atoms with E-state index in [1.807, 2.05) is 0 Å². The lowest BCUT2D eigenvalue weighted by atomic mass is 10.1. The van der Waals surface area contributed by atoms with Crippen LogP contribution in [0.5, 0.6) is 0 Å². The van der Waals surface area contributed by atoms with Crippen LogP contribution in [0, 0.1) is 5.92 Å². The lowest BCUT2D eigenvalue weighted by molar-refractivity contribution is -0.128. The van der Waals surface area contributed by atoms with Gasteiger partial charge in [0.1, 0.15) is 0 Å². The summed E-state index contributed by atoms with van der Waals surface area (Å²) in [5, 5.41) is 6.05. The van der Waals surface area contributed by atoms with Crippen molar-refractivity contribution < 1.29 is 14.4 Å². The molecule has 3 rings (SSSR count). The Morgan fingerprint density at radius 2 is 1.83 bits per heavy atom. The Morgan fingerprint density at radius 1 is 1.10 bits per heavy atom. The number of nitrogens with one attached hydrogen (secondary N) is 2. The molecule has 0 radical (unpaired) electrons. The molecule has 152 valence electrons. The Hall–Kier alpha value is -2.86. The molecule has 1 atom stereocenters. The maximum atomic E-state index is 12.5. The van der Waals surface area contributed by atoms with Gasteiger partial charge in [-0.05, 0) is 42.8 Å². The van der Waals surface area contributed by atoms with Crippen molar-refractivity contribution in [2.24, 2.45) is 5.92 Å². The minimum absolute atomic E-state index is 0.0326. The summed E-state index contributed by atoms with van der Waals surface area (Å²) in [5.41, 5.74) is 1.57. The molecule has 6 nitrogen and oxygen atoms in total. The summed E-state index contributed by atoms with van der Waals surface area (Å²) in [5.74, 6) is -0.776. The molecule has 2 N–H and O–H groups in total. The molecule has 29 heavy (non-hydrogen) atoms. The number of halogens is 1. The van der Waals surface area contributed by atoms with Crippen molar-refractivity contribution in [1.82, 2.24) is 4.90 Å². The quantitative estimate of drug-likeness (QED) is 0.714. The van der Waals surface area contributed by atoms with Crippen molar-refractivity contribution >= 4 is 40.7 Å². The molecular weight excluding hydrogens is 390 g/mol. The van der Waals surface area contributed by atoms with Gasteiger partial charge in [0.25, 0.3) is 5.91 Å². The van der Waals surface area contributed by atoms with Crippen molar-refractivity contribution in [3.05, 3.63) is 59.1 Å². The predicted molar refractivity (Wildman–Crippen MR) is 114 cm³/mol. The van der Waals surface area contributed by atoms with Crippen LogP contribution in [0.4, 0.5) is 11.4 Å². The molecule has 0 aliphatic carbocycles. The van der Waals surface area contributed by atoms with Gasteiger partial charge in [0.05, 0.1) is 16.6 Å². The highest BCUT2D eigenvalue weighted by Crippen LogP contribution is 2.23. The summed E-state index contributed by atoms with van der Waals surface area (Å²) in [6, 6.07) is 13.6. The lowest BCUT2D eigenvalue weighted by Crippen LogP contribution is -2.29. The first-order valence-corrected chi connectivity index (χ1v) is 10.1. The zero-order valence-electron chi connectivity index (χ0n) is 16.3. The van der Waals surface area contributed by atoms with E-state index in [0.717, 1.165) is 12.8 Å². The van der Waals surface area contributed by atoms with Crippen molar-refractivity contribution in [1.29, 1.82) is 0 Å². The summed E-state index contributed by atoms with van der Waals surface area (Å²) >= 11 is 6.06. The average molecular weight is 414 g/mol. The second-order valence-corrected chi connectivity index (χ2v) is 7.50. The average Bonchev–Trinajstić information content (AvgIpc) is 3.09. The van der Waals surface area contributed by atoms with Crippen LogP contribution < -0.4 is 10.6 Å². The van der Waals surface area contributed by atoms with E-state index < -0.39 is 0 Å². The number of benzene rings is 2. The highest BCUT2D eigenvalue weighted by Gasteiger charge is 2.33. The first kappa shape index (κ1) is 20.9. The molecule has 0 spiro atoms. The van der Waals surface area contributed by atoms with Crippen molar-refractivity contribution in [3.8, 4) is 0 Å². The number of likely N-dealkylation sites (tertiary alicyclic amines) is 1. The zero-order valence-corrected chi connectivity index (χ0v) is 17.0. The van der Waals surface area contributed by atoms with Crippen LogP contribution in [0.1, 0.15) is 36.5 Å². The van der Waals surface area contributed by atoms with Gasteiger partial charge in [0.2, 0.25) is 11.8 Å². The zero-order chi connectivity index (χ0) is 20.8. The number of para-hydroxylation sites is 1. The van der Waals surface area contributed by atoms with Gasteiger partial charge < -0.3 is 15.5 Å². The van der Waals surface area contributed by atoms with Gasteiger partial charge in [-0.1, -0.05) is 37.1 Å². The van der Waals surface area contributed by atoms with Crippen LogP contribution in [-0.4, -0.2) is 35.7 Å². The molecular formula is C22H24ClN3O3. The third kappa shape index (κ3) is 5.35. The number of unbranched alkanes of at least 4 members (excludes halogenated alkanes) is 1. The minimum atomic E-state index is -0.345. The van der Waals surface area contributed by atoms with Crippen molar-refractivity contribution in [3.63, 3.8) is 0 Å². The number of anilines is 2. The predicted octanol–water partition coefficient (Wildman–Crippen LogP) is 4.18. The molecule has 1 heterocycles. The second-order valence-electron chi connectivity index (χ2n) is 7.09.